The molecule has 1 saturated heterocycles. The number of aryl methyl sites for hydroxylation is 1. The lowest BCUT2D eigenvalue weighted by molar-refractivity contribution is -0.132. The fourth-order valence-corrected chi connectivity index (χ4v) is 7.01. The number of piperidine rings is 1. The SMILES string of the molecule is CO/N=c1\[nH]c2c(C3CCN(C(C)=O)[C@H](C)C3)cc(S(=O)(=O)NC3(C)CC3)cc2c(=O)n1Cc1cnn(C)c1. The summed E-state index contributed by atoms with van der Waals surface area (Å²) < 4.78 is 32.9. The third kappa shape index (κ3) is 5.37. The summed E-state index contributed by atoms with van der Waals surface area (Å²) in [6.45, 7) is 6.13. The van der Waals surface area contributed by atoms with Crippen molar-refractivity contribution in [1.29, 1.82) is 0 Å². The smallest absolute Gasteiger partial charge is 0.263 e. The van der Waals surface area contributed by atoms with Gasteiger partial charge in [-0.3, -0.25) is 18.8 Å². The number of hydrogen-bond acceptors (Lipinski definition) is 7. The van der Waals surface area contributed by atoms with Crippen LogP contribution in [0.5, 0.6) is 0 Å². The number of aromatic nitrogens is 4. The lowest BCUT2D eigenvalue weighted by atomic mass is 9.84. The van der Waals surface area contributed by atoms with Crippen LogP contribution in [-0.4, -0.2) is 63.8 Å². The van der Waals surface area contributed by atoms with Gasteiger partial charge >= 0.3 is 0 Å². The monoisotopic (exact) mass is 557 g/mol. The Labute approximate surface area is 226 Å². The Kier molecular flexibility index (Phi) is 6.91. The number of aromatic amines is 1. The molecule has 1 saturated carbocycles. The van der Waals surface area contributed by atoms with E-state index in [1.807, 2.05) is 18.7 Å². The van der Waals surface area contributed by atoms with Gasteiger partial charge in [0.2, 0.25) is 21.5 Å². The lowest BCUT2D eigenvalue weighted by Crippen LogP contribution is -2.43. The maximum Gasteiger partial charge on any atom is 0.263 e. The normalized spacial score (nSPS) is 21.4. The van der Waals surface area contributed by atoms with Crippen LogP contribution in [0, 0.1) is 0 Å². The van der Waals surface area contributed by atoms with Crippen molar-refractivity contribution in [3.63, 3.8) is 0 Å². The Bertz CT molecular complexity index is 1670. The van der Waals surface area contributed by atoms with Crippen LogP contribution in [0.25, 0.3) is 10.9 Å². The molecule has 2 aliphatic rings. The van der Waals surface area contributed by atoms with Crippen LogP contribution in [0.2, 0.25) is 0 Å². The average molecular weight is 558 g/mol. The van der Waals surface area contributed by atoms with E-state index >= 15 is 0 Å². The largest absolute Gasteiger partial charge is 0.396 e. The number of likely N-dealkylation sites (tertiary alicyclic amines) is 1. The highest BCUT2D eigenvalue weighted by Gasteiger charge is 2.41. The van der Waals surface area contributed by atoms with Crippen LogP contribution >= 0.6 is 0 Å². The second-order valence-electron chi connectivity index (χ2n) is 11.0. The number of fused-ring (bicyclic) bond motifs is 1. The van der Waals surface area contributed by atoms with E-state index in [1.54, 1.807) is 37.1 Å². The van der Waals surface area contributed by atoms with Crippen LogP contribution in [-0.2, 0) is 33.2 Å². The molecule has 2 fully saturated rings. The molecule has 3 aromatic rings. The fourth-order valence-electron chi connectivity index (χ4n) is 5.48. The molecule has 1 unspecified atom stereocenters. The van der Waals surface area contributed by atoms with Crippen LogP contribution in [0.4, 0.5) is 0 Å². The van der Waals surface area contributed by atoms with Gasteiger partial charge in [-0.2, -0.15) is 5.10 Å². The molecule has 1 aliphatic carbocycles. The topological polar surface area (TPSA) is 144 Å². The van der Waals surface area contributed by atoms with E-state index in [2.05, 4.69) is 20.0 Å². The minimum atomic E-state index is -3.89. The first-order chi connectivity index (χ1) is 18.4. The first kappa shape index (κ1) is 27.1. The van der Waals surface area contributed by atoms with E-state index < -0.39 is 21.1 Å². The van der Waals surface area contributed by atoms with Gasteiger partial charge in [-0.25, -0.2) is 13.1 Å². The van der Waals surface area contributed by atoms with Crippen LogP contribution < -0.4 is 15.9 Å². The molecule has 2 atom stereocenters. The minimum Gasteiger partial charge on any atom is -0.396 e. The standard InChI is InChI=1S/C26H35N7O5S/c1-16-10-19(6-9-32(16)17(2)34)21-11-20(39(36,37)30-26(3)7-8-26)12-22-23(21)28-25(29-38-5)33(24(22)35)15-18-13-27-31(4)14-18/h11-14,16,19,30H,6-10,15H2,1-5H3,(H,28,29)/t16-,19?/m1/s1. The molecule has 2 aromatic heterocycles. The zero-order chi connectivity index (χ0) is 28.1. The van der Waals surface area contributed by atoms with E-state index in [-0.39, 0.29) is 40.3 Å². The van der Waals surface area contributed by atoms with Gasteiger partial charge in [0.15, 0.2) is 0 Å². The molecule has 1 aliphatic heterocycles. The van der Waals surface area contributed by atoms with Crippen molar-refractivity contribution in [2.45, 2.75) is 75.4 Å². The number of amides is 1. The highest BCUT2D eigenvalue weighted by atomic mass is 32.2. The number of sulfonamides is 1. The quantitative estimate of drug-likeness (QED) is 0.422. The minimum absolute atomic E-state index is 0.00930. The van der Waals surface area contributed by atoms with Gasteiger partial charge in [0.25, 0.3) is 5.56 Å². The molecular weight excluding hydrogens is 522 g/mol. The van der Waals surface area contributed by atoms with Crippen molar-refractivity contribution < 1.29 is 18.0 Å². The van der Waals surface area contributed by atoms with Gasteiger partial charge in [0.05, 0.1) is 28.5 Å². The van der Waals surface area contributed by atoms with Gasteiger partial charge in [-0.1, -0.05) is 0 Å². The van der Waals surface area contributed by atoms with Crippen LogP contribution in [0.1, 0.15) is 63.5 Å². The Morgan fingerprint density at radius 2 is 2.08 bits per heavy atom. The van der Waals surface area contributed by atoms with E-state index in [1.165, 1.54) is 17.7 Å². The predicted molar refractivity (Wildman–Crippen MR) is 144 cm³/mol. The number of carbonyl (C=O) groups is 1. The Morgan fingerprint density at radius 3 is 2.67 bits per heavy atom. The van der Waals surface area contributed by atoms with Crippen molar-refractivity contribution >= 4 is 26.8 Å². The maximum atomic E-state index is 14.0. The van der Waals surface area contributed by atoms with E-state index in [0.29, 0.717) is 30.5 Å². The summed E-state index contributed by atoms with van der Waals surface area (Å²) >= 11 is 0. The summed E-state index contributed by atoms with van der Waals surface area (Å²) in [6, 6.07) is 3.07. The van der Waals surface area contributed by atoms with Crippen molar-refractivity contribution in [2.24, 2.45) is 12.2 Å². The number of carbonyl (C=O) groups excluding carboxylic acids is 1. The number of nitrogens with one attached hydrogen (secondary N) is 2. The molecule has 5 rings (SSSR count). The van der Waals surface area contributed by atoms with Crippen molar-refractivity contribution in [1.82, 2.24) is 29.0 Å². The van der Waals surface area contributed by atoms with Crippen LogP contribution in [0.3, 0.4) is 0 Å². The summed E-state index contributed by atoms with van der Waals surface area (Å²) in [5.41, 5.74) is 1.34. The number of H-pyrrole nitrogens is 1. The highest BCUT2D eigenvalue weighted by Crippen LogP contribution is 2.38. The molecule has 12 nitrogen and oxygen atoms in total. The van der Waals surface area contributed by atoms with E-state index in [0.717, 1.165) is 18.4 Å². The zero-order valence-corrected chi connectivity index (χ0v) is 23.7. The Balaban J connectivity index is 1.71. The molecule has 0 bridgehead atoms. The fraction of sp³-hybridized carbons (Fsp3) is 0.538. The van der Waals surface area contributed by atoms with Gasteiger partial charge in [-0.15, -0.1) is 0 Å². The summed E-state index contributed by atoms with van der Waals surface area (Å²) in [4.78, 5) is 36.3. The van der Waals surface area contributed by atoms with Gasteiger partial charge < -0.3 is 14.7 Å². The first-order valence-electron chi connectivity index (χ1n) is 13.1. The van der Waals surface area contributed by atoms with E-state index in [9.17, 15) is 18.0 Å². The predicted octanol–water partition coefficient (Wildman–Crippen LogP) is 1.52. The third-order valence-corrected chi connectivity index (χ3v) is 9.42. The van der Waals surface area contributed by atoms with Crippen LogP contribution in [0.15, 0.2) is 39.4 Å². The molecule has 0 radical (unpaired) electrons. The number of hydrogen-bond donors (Lipinski definition) is 2. The molecular formula is C26H35N7O5S. The van der Waals surface area contributed by atoms with Gasteiger partial charge in [0, 0.05) is 43.9 Å². The Morgan fingerprint density at radius 1 is 1.33 bits per heavy atom. The average Bonchev–Trinajstić information content (AvgIpc) is 3.43. The molecule has 3 heterocycles. The molecule has 1 amide bonds. The summed E-state index contributed by atoms with van der Waals surface area (Å²) in [5, 5.41) is 8.51. The van der Waals surface area contributed by atoms with Gasteiger partial charge in [0.1, 0.15) is 7.11 Å². The second kappa shape index (κ2) is 9.94. The van der Waals surface area contributed by atoms with E-state index in [4.69, 9.17) is 4.84 Å². The second-order valence-corrected chi connectivity index (χ2v) is 12.7. The number of benzene rings is 1. The molecule has 39 heavy (non-hydrogen) atoms. The molecule has 13 heteroatoms. The summed E-state index contributed by atoms with van der Waals surface area (Å²) in [5.74, 6) is -0.0694. The molecule has 210 valence electrons. The number of rotatable bonds is 7. The lowest BCUT2D eigenvalue weighted by Gasteiger charge is -2.37. The summed E-state index contributed by atoms with van der Waals surface area (Å²) in [6.07, 6.45) is 6.25. The highest BCUT2D eigenvalue weighted by molar-refractivity contribution is 7.89. The Hall–Kier alpha value is -3.45. The molecule has 2 N–H and O–H groups in total. The zero-order valence-electron chi connectivity index (χ0n) is 22.9. The number of nitrogens with zero attached hydrogens (tertiary/aromatic N) is 5. The maximum absolute atomic E-state index is 14.0. The van der Waals surface area contributed by atoms with Crippen molar-refractivity contribution in [3.8, 4) is 0 Å². The van der Waals surface area contributed by atoms with Gasteiger partial charge in [-0.05, 0) is 68.3 Å². The molecule has 0 spiro atoms. The molecule has 1 aromatic carbocycles. The first-order valence-corrected chi connectivity index (χ1v) is 14.6. The van der Waals surface area contributed by atoms with Crippen molar-refractivity contribution in [2.75, 3.05) is 13.7 Å². The third-order valence-electron chi connectivity index (χ3n) is 7.80. The summed E-state index contributed by atoms with van der Waals surface area (Å²) in [7, 11) is -0.704. The van der Waals surface area contributed by atoms with Crippen molar-refractivity contribution in [3.05, 3.63) is 51.6 Å².